The quantitative estimate of drug-likeness (QED) is 0.771. The molecule has 15 heavy (non-hydrogen) atoms. The first kappa shape index (κ1) is 12.3. The highest BCUT2D eigenvalue weighted by atomic mass is 32.2. The average Bonchev–Trinajstić information content (AvgIpc) is 2.18. The van der Waals surface area contributed by atoms with E-state index in [2.05, 4.69) is 23.5 Å². The van der Waals surface area contributed by atoms with Gasteiger partial charge in [-0.05, 0) is 19.2 Å². The van der Waals surface area contributed by atoms with Crippen LogP contribution in [0.1, 0.15) is 12.5 Å². The van der Waals surface area contributed by atoms with Gasteiger partial charge in [-0.3, -0.25) is 4.98 Å². The molecule has 0 bridgehead atoms. The van der Waals surface area contributed by atoms with Crippen LogP contribution in [0.2, 0.25) is 0 Å². The predicted octanol–water partition coefficient (Wildman–Crippen LogP) is 1.88. The van der Waals surface area contributed by atoms with E-state index in [1.54, 1.807) is 24.2 Å². The second kappa shape index (κ2) is 5.92. The van der Waals surface area contributed by atoms with E-state index in [0.717, 1.165) is 17.0 Å². The zero-order valence-electron chi connectivity index (χ0n) is 8.86. The lowest BCUT2D eigenvalue weighted by molar-refractivity contribution is 0.911. The van der Waals surface area contributed by atoms with Crippen LogP contribution in [-0.4, -0.2) is 28.0 Å². The lowest BCUT2D eigenvalue weighted by Gasteiger charge is -2.16. The van der Waals surface area contributed by atoms with Gasteiger partial charge in [-0.15, -0.1) is 0 Å². The van der Waals surface area contributed by atoms with Crippen LogP contribution in [0.3, 0.4) is 0 Å². The van der Waals surface area contributed by atoms with Gasteiger partial charge in [0.25, 0.3) is 0 Å². The molecular weight excluding hydrogens is 226 g/mol. The van der Waals surface area contributed by atoms with Crippen molar-refractivity contribution < 1.29 is 0 Å². The number of nitrogens with zero attached hydrogens (tertiary/aromatic N) is 1. The summed E-state index contributed by atoms with van der Waals surface area (Å²) in [6.45, 7) is 2.12. The standard InChI is InChI=1S/C10H15N3S2/c1-7(6-15-2)13-9-5-12-4-3-8(9)10(11)14/h3-5,7,13H,6H2,1-2H3,(H2,11,14). The Morgan fingerprint density at radius 2 is 2.47 bits per heavy atom. The molecule has 1 unspecified atom stereocenters. The van der Waals surface area contributed by atoms with E-state index in [1.165, 1.54) is 0 Å². The molecular formula is C10H15N3S2. The van der Waals surface area contributed by atoms with Crippen LogP contribution in [0.4, 0.5) is 5.69 Å². The number of rotatable bonds is 5. The van der Waals surface area contributed by atoms with Gasteiger partial charge in [-0.25, -0.2) is 0 Å². The van der Waals surface area contributed by atoms with Gasteiger partial charge in [-0.2, -0.15) is 11.8 Å². The van der Waals surface area contributed by atoms with Crippen LogP contribution in [0, 0.1) is 0 Å². The van der Waals surface area contributed by atoms with E-state index in [4.69, 9.17) is 18.0 Å². The summed E-state index contributed by atoms with van der Waals surface area (Å²) in [5.74, 6) is 1.03. The van der Waals surface area contributed by atoms with Gasteiger partial charge in [0.05, 0.1) is 11.9 Å². The molecule has 0 aliphatic heterocycles. The maximum Gasteiger partial charge on any atom is 0.106 e. The summed E-state index contributed by atoms with van der Waals surface area (Å²) in [5, 5.41) is 3.34. The summed E-state index contributed by atoms with van der Waals surface area (Å²) in [7, 11) is 0. The summed E-state index contributed by atoms with van der Waals surface area (Å²) in [5.41, 5.74) is 7.39. The first-order valence-electron chi connectivity index (χ1n) is 4.64. The maximum atomic E-state index is 5.62. The minimum absolute atomic E-state index is 0.372. The summed E-state index contributed by atoms with van der Waals surface area (Å²) >= 11 is 6.77. The molecule has 0 saturated carbocycles. The summed E-state index contributed by atoms with van der Waals surface area (Å²) in [4.78, 5) is 4.46. The minimum atomic E-state index is 0.372. The second-order valence-electron chi connectivity index (χ2n) is 3.29. The molecule has 82 valence electrons. The van der Waals surface area contributed by atoms with Gasteiger partial charge < -0.3 is 11.1 Å². The number of hydrogen-bond acceptors (Lipinski definition) is 4. The van der Waals surface area contributed by atoms with Crippen LogP contribution < -0.4 is 11.1 Å². The Bertz CT molecular complexity index is 341. The van der Waals surface area contributed by atoms with Crippen molar-refractivity contribution in [3.05, 3.63) is 24.0 Å². The van der Waals surface area contributed by atoms with Crippen LogP contribution in [-0.2, 0) is 0 Å². The van der Waals surface area contributed by atoms with Crippen molar-refractivity contribution in [3.8, 4) is 0 Å². The van der Waals surface area contributed by atoms with E-state index >= 15 is 0 Å². The first-order valence-corrected chi connectivity index (χ1v) is 6.44. The maximum absolute atomic E-state index is 5.62. The van der Waals surface area contributed by atoms with E-state index in [0.29, 0.717) is 11.0 Å². The first-order chi connectivity index (χ1) is 7.15. The highest BCUT2D eigenvalue weighted by Gasteiger charge is 2.07. The second-order valence-corrected chi connectivity index (χ2v) is 4.64. The van der Waals surface area contributed by atoms with Gasteiger partial charge in [-0.1, -0.05) is 12.2 Å². The van der Waals surface area contributed by atoms with E-state index < -0.39 is 0 Å². The molecule has 1 rings (SSSR count). The molecule has 0 amide bonds. The summed E-state index contributed by atoms with van der Waals surface area (Å²) in [6, 6.07) is 2.20. The number of nitrogens with two attached hydrogens (primary N) is 1. The summed E-state index contributed by atoms with van der Waals surface area (Å²) in [6.07, 6.45) is 5.53. The SMILES string of the molecule is CSCC(C)Nc1cnccc1C(N)=S. The van der Waals surface area contributed by atoms with E-state index in [1.807, 2.05) is 6.07 Å². The van der Waals surface area contributed by atoms with Gasteiger partial charge in [0.15, 0.2) is 0 Å². The third kappa shape index (κ3) is 3.68. The third-order valence-electron chi connectivity index (χ3n) is 1.91. The van der Waals surface area contributed by atoms with Gasteiger partial charge in [0.2, 0.25) is 0 Å². The fourth-order valence-corrected chi connectivity index (χ4v) is 2.04. The molecule has 0 fully saturated rings. The normalized spacial score (nSPS) is 12.1. The Kier molecular flexibility index (Phi) is 4.84. The van der Waals surface area contributed by atoms with Crippen molar-refractivity contribution in [3.63, 3.8) is 0 Å². The number of nitrogens with one attached hydrogen (secondary N) is 1. The van der Waals surface area contributed by atoms with Gasteiger partial charge in [0.1, 0.15) is 4.99 Å². The Hall–Kier alpha value is -0.810. The van der Waals surface area contributed by atoms with Crippen LogP contribution in [0.5, 0.6) is 0 Å². The highest BCUT2D eigenvalue weighted by Crippen LogP contribution is 2.15. The number of aromatic nitrogens is 1. The number of hydrogen-bond donors (Lipinski definition) is 2. The van der Waals surface area contributed by atoms with Gasteiger partial charge in [0, 0.05) is 23.6 Å². The van der Waals surface area contributed by atoms with E-state index in [9.17, 15) is 0 Å². The van der Waals surface area contributed by atoms with Crippen molar-refractivity contribution in [2.75, 3.05) is 17.3 Å². The third-order valence-corrected chi connectivity index (χ3v) is 2.96. The molecule has 0 spiro atoms. The lowest BCUT2D eigenvalue weighted by atomic mass is 10.2. The Morgan fingerprint density at radius 3 is 3.07 bits per heavy atom. The van der Waals surface area contributed by atoms with Crippen molar-refractivity contribution in [1.82, 2.24) is 4.98 Å². The zero-order valence-corrected chi connectivity index (χ0v) is 10.5. The zero-order chi connectivity index (χ0) is 11.3. The fourth-order valence-electron chi connectivity index (χ4n) is 1.28. The van der Waals surface area contributed by atoms with Crippen molar-refractivity contribution in [2.45, 2.75) is 13.0 Å². The van der Waals surface area contributed by atoms with Crippen LogP contribution in [0.15, 0.2) is 18.5 Å². The highest BCUT2D eigenvalue weighted by molar-refractivity contribution is 7.98. The number of anilines is 1. The molecule has 0 radical (unpaired) electrons. The van der Waals surface area contributed by atoms with E-state index in [-0.39, 0.29) is 0 Å². The molecule has 1 aromatic rings. The predicted molar refractivity (Wildman–Crippen MR) is 71.6 cm³/mol. The van der Waals surface area contributed by atoms with Crippen LogP contribution in [0.25, 0.3) is 0 Å². The smallest absolute Gasteiger partial charge is 0.106 e. The van der Waals surface area contributed by atoms with Crippen LogP contribution >= 0.6 is 24.0 Å². The molecule has 0 saturated heterocycles. The van der Waals surface area contributed by atoms with Crippen molar-refractivity contribution in [2.24, 2.45) is 5.73 Å². The molecule has 0 aliphatic carbocycles. The molecule has 3 N–H and O–H groups in total. The monoisotopic (exact) mass is 241 g/mol. The molecule has 1 heterocycles. The van der Waals surface area contributed by atoms with Crippen molar-refractivity contribution in [1.29, 1.82) is 0 Å². The largest absolute Gasteiger partial charge is 0.389 e. The number of pyridine rings is 1. The number of thioether (sulfide) groups is 1. The molecule has 3 nitrogen and oxygen atoms in total. The molecule has 1 atom stereocenters. The molecule has 0 aliphatic rings. The Morgan fingerprint density at radius 1 is 1.73 bits per heavy atom. The van der Waals surface area contributed by atoms with Crippen molar-refractivity contribution >= 4 is 34.7 Å². The number of thiocarbonyl (C=S) groups is 1. The average molecular weight is 241 g/mol. The molecule has 1 aromatic heterocycles. The minimum Gasteiger partial charge on any atom is -0.389 e. The lowest BCUT2D eigenvalue weighted by Crippen LogP contribution is -2.21. The van der Waals surface area contributed by atoms with Gasteiger partial charge >= 0.3 is 0 Å². The molecule has 0 aromatic carbocycles. The topological polar surface area (TPSA) is 50.9 Å². The Labute approximate surface area is 99.8 Å². The Balaban J connectivity index is 2.79. The molecule has 5 heteroatoms. The summed E-state index contributed by atoms with van der Waals surface area (Å²) < 4.78 is 0. The fraction of sp³-hybridized carbons (Fsp3) is 0.400.